The van der Waals surface area contributed by atoms with Crippen molar-refractivity contribution in [3.05, 3.63) is 49.6 Å². The summed E-state index contributed by atoms with van der Waals surface area (Å²) in [6, 6.07) is 4.98. The summed E-state index contributed by atoms with van der Waals surface area (Å²) in [6.45, 7) is 3.93. The molecular formula is C13H11Cl2NOS. The number of amides is 1. The Balaban J connectivity index is 2.24. The average molecular weight is 300 g/mol. The van der Waals surface area contributed by atoms with Gasteiger partial charge >= 0.3 is 0 Å². The van der Waals surface area contributed by atoms with E-state index < -0.39 is 0 Å². The quantitative estimate of drug-likeness (QED) is 0.837. The molecule has 1 N–H and O–H groups in total. The number of hydrogen-bond donors (Lipinski definition) is 1. The van der Waals surface area contributed by atoms with Crippen molar-refractivity contribution in [2.45, 2.75) is 13.8 Å². The molecular weight excluding hydrogens is 289 g/mol. The van der Waals surface area contributed by atoms with Crippen molar-refractivity contribution in [2.75, 3.05) is 5.32 Å². The van der Waals surface area contributed by atoms with Crippen LogP contribution in [0.3, 0.4) is 0 Å². The SMILES string of the molecule is Cc1scc(C(=O)Nc2ccc(Cl)cc2Cl)c1C. The van der Waals surface area contributed by atoms with E-state index in [-0.39, 0.29) is 5.91 Å². The van der Waals surface area contributed by atoms with E-state index in [0.717, 1.165) is 10.4 Å². The van der Waals surface area contributed by atoms with Crippen molar-refractivity contribution in [1.29, 1.82) is 0 Å². The van der Waals surface area contributed by atoms with Crippen LogP contribution in [-0.2, 0) is 0 Å². The molecule has 18 heavy (non-hydrogen) atoms. The summed E-state index contributed by atoms with van der Waals surface area (Å²) in [5.74, 6) is -0.152. The maximum absolute atomic E-state index is 12.1. The summed E-state index contributed by atoms with van der Waals surface area (Å²) in [5.41, 5.74) is 2.25. The third kappa shape index (κ3) is 2.69. The molecule has 0 spiro atoms. The molecule has 1 heterocycles. The average Bonchev–Trinajstić information content (AvgIpc) is 2.64. The second-order valence-corrected chi connectivity index (χ2v) is 5.84. The Bertz CT molecular complexity index is 607. The van der Waals surface area contributed by atoms with E-state index in [1.54, 1.807) is 29.5 Å². The van der Waals surface area contributed by atoms with Crippen LogP contribution in [0.5, 0.6) is 0 Å². The zero-order valence-electron chi connectivity index (χ0n) is 9.88. The molecule has 2 aromatic rings. The normalized spacial score (nSPS) is 10.4. The lowest BCUT2D eigenvalue weighted by molar-refractivity contribution is 0.102. The zero-order chi connectivity index (χ0) is 13.3. The van der Waals surface area contributed by atoms with Crippen LogP contribution in [0.25, 0.3) is 0 Å². The van der Waals surface area contributed by atoms with Gasteiger partial charge in [0.15, 0.2) is 0 Å². The molecule has 0 radical (unpaired) electrons. The summed E-state index contributed by atoms with van der Waals surface area (Å²) in [5, 5.41) is 5.61. The summed E-state index contributed by atoms with van der Waals surface area (Å²) in [4.78, 5) is 13.2. The van der Waals surface area contributed by atoms with Crippen LogP contribution in [0.4, 0.5) is 5.69 Å². The first kappa shape index (κ1) is 13.4. The number of thiophene rings is 1. The molecule has 0 aliphatic rings. The Kier molecular flexibility index (Phi) is 3.95. The Morgan fingerprint density at radius 3 is 2.56 bits per heavy atom. The van der Waals surface area contributed by atoms with Crippen molar-refractivity contribution in [2.24, 2.45) is 0 Å². The molecule has 0 saturated carbocycles. The molecule has 0 unspecified atom stereocenters. The number of carbonyl (C=O) groups excluding carboxylic acids is 1. The Morgan fingerprint density at radius 2 is 2.00 bits per heavy atom. The highest BCUT2D eigenvalue weighted by molar-refractivity contribution is 7.10. The first-order valence-corrected chi connectivity index (χ1v) is 6.93. The topological polar surface area (TPSA) is 29.1 Å². The molecule has 2 rings (SSSR count). The first-order chi connectivity index (χ1) is 8.49. The van der Waals surface area contributed by atoms with Gasteiger partial charge in [-0.1, -0.05) is 23.2 Å². The van der Waals surface area contributed by atoms with Gasteiger partial charge in [0.05, 0.1) is 16.3 Å². The van der Waals surface area contributed by atoms with Crippen molar-refractivity contribution < 1.29 is 4.79 Å². The molecule has 0 aliphatic carbocycles. The minimum Gasteiger partial charge on any atom is -0.321 e. The van der Waals surface area contributed by atoms with Gasteiger partial charge in [0.1, 0.15) is 0 Å². The van der Waals surface area contributed by atoms with Crippen LogP contribution in [0.15, 0.2) is 23.6 Å². The molecule has 2 nitrogen and oxygen atoms in total. The fraction of sp³-hybridized carbons (Fsp3) is 0.154. The summed E-state index contributed by atoms with van der Waals surface area (Å²) >= 11 is 13.4. The summed E-state index contributed by atoms with van der Waals surface area (Å²) in [6.07, 6.45) is 0. The minimum atomic E-state index is -0.152. The molecule has 0 aliphatic heterocycles. The van der Waals surface area contributed by atoms with E-state index in [4.69, 9.17) is 23.2 Å². The predicted molar refractivity (Wildman–Crippen MR) is 78.2 cm³/mol. The molecule has 0 saturated heterocycles. The van der Waals surface area contributed by atoms with Gasteiger partial charge in [-0.15, -0.1) is 11.3 Å². The van der Waals surface area contributed by atoms with Crippen molar-refractivity contribution in [3.63, 3.8) is 0 Å². The summed E-state index contributed by atoms with van der Waals surface area (Å²) in [7, 11) is 0. The van der Waals surface area contributed by atoms with E-state index in [1.807, 2.05) is 19.2 Å². The van der Waals surface area contributed by atoms with Gasteiger partial charge in [0, 0.05) is 15.3 Å². The third-order valence-corrected chi connectivity index (χ3v) is 4.27. The second kappa shape index (κ2) is 5.31. The summed E-state index contributed by atoms with van der Waals surface area (Å²) < 4.78 is 0. The lowest BCUT2D eigenvalue weighted by Crippen LogP contribution is -2.12. The molecule has 1 aromatic heterocycles. The van der Waals surface area contributed by atoms with Crippen LogP contribution in [0.1, 0.15) is 20.8 Å². The van der Waals surface area contributed by atoms with Crippen LogP contribution in [0, 0.1) is 13.8 Å². The highest BCUT2D eigenvalue weighted by Gasteiger charge is 2.13. The van der Waals surface area contributed by atoms with Gasteiger partial charge in [-0.05, 0) is 37.6 Å². The van der Waals surface area contributed by atoms with Gasteiger partial charge in [-0.2, -0.15) is 0 Å². The van der Waals surface area contributed by atoms with Crippen LogP contribution in [0.2, 0.25) is 10.0 Å². The number of anilines is 1. The minimum absolute atomic E-state index is 0.152. The van der Waals surface area contributed by atoms with E-state index in [9.17, 15) is 4.79 Å². The zero-order valence-corrected chi connectivity index (χ0v) is 12.2. The van der Waals surface area contributed by atoms with Gasteiger partial charge < -0.3 is 5.32 Å². The lowest BCUT2D eigenvalue weighted by Gasteiger charge is -2.07. The van der Waals surface area contributed by atoms with Gasteiger partial charge in [0.25, 0.3) is 5.91 Å². The van der Waals surface area contributed by atoms with E-state index >= 15 is 0 Å². The molecule has 94 valence electrons. The number of benzene rings is 1. The van der Waals surface area contributed by atoms with E-state index in [1.165, 1.54) is 0 Å². The number of halogens is 2. The number of nitrogens with one attached hydrogen (secondary N) is 1. The lowest BCUT2D eigenvalue weighted by atomic mass is 10.1. The monoisotopic (exact) mass is 299 g/mol. The fourth-order valence-electron chi connectivity index (χ4n) is 1.52. The standard InChI is InChI=1S/C13H11Cl2NOS/c1-7-8(2)18-6-10(7)13(17)16-12-4-3-9(14)5-11(12)15/h3-6H,1-2H3,(H,16,17). The van der Waals surface area contributed by atoms with Crippen molar-refractivity contribution in [1.82, 2.24) is 0 Å². The van der Waals surface area contributed by atoms with E-state index in [0.29, 0.717) is 21.3 Å². The first-order valence-electron chi connectivity index (χ1n) is 5.30. The number of hydrogen-bond acceptors (Lipinski definition) is 2. The maximum Gasteiger partial charge on any atom is 0.256 e. The molecule has 1 amide bonds. The Morgan fingerprint density at radius 1 is 1.28 bits per heavy atom. The number of carbonyl (C=O) groups is 1. The molecule has 0 fully saturated rings. The Hall–Kier alpha value is -1.03. The second-order valence-electron chi connectivity index (χ2n) is 3.91. The van der Waals surface area contributed by atoms with Gasteiger partial charge in [-0.25, -0.2) is 0 Å². The van der Waals surface area contributed by atoms with Crippen LogP contribution in [-0.4, -0.2) is 5.91 Å². The van der Waals surface area contributed by atoms with Gasteiger partial charge in [-0.3, -0.25) is 4.79 Å². The third-order valence-electron chi connectivity index (χ3n) is 2.71. The highest BCUT2D eigenvalue weighted by Crippen LogP contribution is 2.27. The number of aryl methyl sites for hydroxylation is 1. The largest absolute Gasteiger partial charge is 0.321 e. The van der Waals surface area contributed by atoms with Crippen LogP contribution < -0.4 is 5.32 Å². The smallest absolute Gasteiger partial charge is 0.256 e. The molecule has 5 heteroatoms. The molecule has 0 atom stereocenters. The van der Waals surface area contributed by atoms with Crippen molar-refractivity contribution >= 4 is 46.1 Å². The molecule has 0 bridgehead atoms. The van der Waals surface area contributed by atoms with Crippen molar-refractivity contribution in [3.8, 4) is 0 Å². The Labute approximate surface area is 120 Å². The van der Waals surface area contributed by atoms with E-state index in [2.05, 4.69) is 5.32 Å². The van der Waals surface area contributed by atoms with Crippen LogP contribution >= 0.6 is 34.5 Å². The highest BCUT2D eigenvalue weighted by atomic mass is 35.5. The number of rotatable bonds is 2. The molecule has 1 aromatic carbocycles. The predicted octanol–water partition coefficient (Wildman–Crippen LogP) is 4.92. The van der Waals surface area contributed by atoms with Gasteiger partial charge in [0.2, 0.25) is 0 Å². The maximum atomic E-state index is 12.1. The fourth-order valence-corrected chi connectivity index (χ4v) is 2.84.